The summed E-state index contributed by atoms with van der Waals surface area (Å²) in [5.74, 6) is -0.621. The van der Waals surface area contributed by atoms with Crippen LogP contribution in [0.2, 0.25) is 0 Å². The highest BCUT2D eigenvalue weighted by molar-refractivity contribution is 5.19. The van der Waals surface area contributed by atoms with Crippen molar-refractivity contribution in [3.8, 4) is 0 Å². The molecule has 6 heteroatoms. The number of aromatic nitrogens is 2. The van der Waals surface area contributed by atoms with Crippen molar-refractivity contribution in [2.24, 2.45) is 7.05 Å². The molecule has 0 spiro atoms. The smallest absolute Gasteiger partial charge is 0.163 e. The molecule has 4 nitrogen and oxygen atoms in total. The molecule has 0 bridgehead atoms. The molecular formula is C15H18F2N4. The van der Waals surface area contributed by atoms with Crippen LogP contribution in [0.4, 0.5) is 8.78 Å². The second-order valence-electron chi connectivity index (χ2n) is 5.30. The number of piperazine rings is 1. The van der Waals surface area contributed by atoms with Crippen LogP contribution >= 0.6 is 0 Å². The molecule has 1 saturated heterocycles. The van der Waals surface area contributed by atoms with Crippen LogP contribution in [0.1, 0.15) is 17.4 Å². The van der Waals surface area contributed by atoms with Crippen LogP contribution in [0.5, 0.6) is 0 Å². The fourth-order valence-electron chi connectivity index (χ4n) is 2.78. The summed E-state index contributed by atoms with van der Waals surface area (Å²) < 4.78 is 29.2. The molecule has 21 heavy (non-hydrogen) atoms. The molecule has 0 amide bonds. The van der Waals surface area contributed by atoms with Gasteiger partial charge < -0.3 is 9.88 Å². The van der Waals surface area contributed by atoms with Crippen molar-refractivity contribution in [1.29, 1.82) is 0 Å². The van der Waals surface area contributed by atoms with Gasteiger partial charge in [-0.25, -0.2) is 13.8 Å². The molecule has 0 radical (unpaired) electrons. The highest BCUT2D eigenvalue weighted by atomic mass is 19.2. The van der Waals surface area contributed by atoms with E-state index >= 15 is 0 Å². The first-order chi connectivity index (χ1) is 10.2. The van der Waals surface area contributed by atoms with Gasteiger partial charge >= 0.3 is 0 Å². The average molecular weight is 292 g/mol. The number of imidazole rings is 1. The van der Waals surface area contributed by atoms with Crippen molar-refractivity contribution in [2.75, 3.05) is 19.6 Å². The summed E-state index contributed by atoms with van der Waals surface area (Å²) in [5.41, 5.74) is 0.385. The minimum Gasteiger partial charge on any atom is -0.337 e. The minimum atomic E-state index is -0.795. The van der Waals surface area contributed by atoms with E-state index in [9.17, 15) is 8.78 Å². The summed E-state index contributed by atoms with van der Waals surface area (Å²) in [4.78, 5) is 6.52. The largest absolute Gasteiger partial charge is 0.337 e. The maximum atomic E-state index is 13.9. The van der Waals surface area contributed by atoms with E-state index in [1.54, 1.807) is 18.3 Å². The summed E-state index contributed by atoms with van der Waals surface area (Å²) in [6, 6.07) is 4.38. The molecule has 1 N–H and O–H groups in total. The van der Waals surface area contributed by atoms with Gasteiger partial charge in [-0.05, 0) is 6.07 Å². The van der Waals surface area contributed by atoms with Crippen LogP contribution in [0, 0.1) is 11.6 Å². The predicted molar refractivity (Wildman–Crippen MR) is 75.6 cm³/mol. The quantitative estimate of drug-likeness (QED) is 0.937. The van der Waals surface area contributed by atoms with Gasteiger partial charge in [0.2, 0.25) is 0 Å². The zero-order valence-electron chi connectivity index (χ0n) is 11.9. The average Bonchev–Trinajstić information content (AvgIpc) is 2.90. The number of hydrogen-bond acceptors (Lipinski definition) is 3. The fraction of sp³-hybridized carbons (Fsp3) is 0.400. The lowest BCUT2D eigenvalue weighted by Crippen LogP contribution is -2.46. The lowest BCUT2D eigenvalue weighted by atomic mass is 10.1. The number of benzene rings is 1. The molecule has 1 aliphatic rings. The number of halogens is 2. The van der Waals surface area contributed by atoms with Gasteiger partial charge in [0.15, 0.2) is 11.6 Å². The Morgan fingerprint density at radius 3 is 3.00 bits per heavy atom. The van der Waals surface area contributed by atoms with Crippen LogP contribution < -0.4 is 5.32 Å². The summed E-state index contributed by atoms with van der Waals surface area (Å²) in [6.07, 6.45) is 3.65. The van der Waals surface area contributed by atoms with E-state index in [2.05, 4.69) is 15.2 Å². The lowest BCUT2D eigenvalue weighted by molar-refractivity contribution is 0.142. The highest BCUT2D eigenvalue weighted by Gasteiger charge is 2.27. The van der Waals surface area contributed by atoms with Crippen molar-refractivity contribution in [3.05, 3.63) is 53.6 Å². The number of aryl methyl sites for hydroxylation is 1. The maximum absolute atomic E-state index is 13.9. The first kappa shape index (κ1) is 14.2. The summed E-state index contributed by atoms with van der Waals surface area (Å²) >= 11 is 0. The third kappa shape index (κ3) is 2.82. The van der Waals surface area contributed by atoms with E-state index in [-0.39, 0.29) is 6.04 Å². The minimum absolute atomic E-state index is 0.0569. The maximum Gasteiger partial charge on any atom is 0.163 e. The van der Waals surface area contributed by atoms with Gasteiger partial charge in [0, 0.05) is 51.2 Å². The van der Waals surface area contributed by atoms with Crippen molar-refractivity contribution < 1.29 is 8.78 Å². The van der Waals surface area contributed by atoms with Gasteiger partial charge in [0.1, 0.15) is 5.82 Å². The molecule has 112 valence electrons. The van der Waals surface area contributed by atoms with Crippen molar-refractivity contribution in [3.63, 3.8) is 0 Å². The van der Waals surface area contributed by atoms with Gasteiger partial charge in [-0.15, -0.1) is 0 Å². The van der Waals surface area contributed by atoms with E-state index in [0.717, 1.165) is 31.5 Å². The fourth-order valence-corrected chi connectivity index (χ4v) is 2.78. The Morgan fingerprint density at radius 2 is 2.24 bits per heavy atom. The standard InChI is InChI=1S/C15H18F2N4/c1-20-7-6-19-15(20)13-9-18-5-8-21(13)10-11-3-2-4-12(16)14(11)17/h2-4,6-7,13,18H,5,8-10H2,1H3. The Hall–Kier alpha value is -1.79. The third-order valence-electron chi connectivity index (χ3n) is 3.92. The van der Waals surface area contributed by atoms with Crippen LogP contribution in [-0.4, -0.2) is 34.1 Å². The zero-order valence-corrected chi connectivity index (χ0v) is 11.9. The van der Waals surface area contributed by atoms with Crippen molar-refractivity contribution in [2.45, 2.75) is 12.6 Å². The third-order valence-corrected chi connectivity index (χ3v) is 3.92. The van der Waals surface area contributed by atoms with Gasteiger partial charge in [-0.1, -0.05) is 12.1 Å². The number of nitrogens with zero attached hydrogens (tertiary/aromatic N) is 3. The monoisotopic (exact) mass is 292 g/mol. The van der Waals surface area contributed by atoms with Crippen molar-refractivity contribution >= 4 is 0 Å². The highest BCUT2D eigenvalue weighted by Crippen LogP contribution is 2.24. The van der Waals surface area contributed by atoms with Crippen LogP contribution in [0.25, 0.3) is 0 Å². The Kier molecular flexibility index (Phi) is 3.98. The number of nitrogens with one attached hydrogen (secondary N) is 1. The SMILES string of the molecule is Cn1ccnc1C1CNCCN1Cc1cccc(F)c1F. The topological polar surface area (TPSA) is 33.1 Å². The van der Waals surface area contributed by atoms with Gasteiger partial charge in [-0.2, -0.15) is 0 Å². The Morgan fingerprint density at radius 1 is 1.38 bits per heavy atom. The summed E-state index contributed by atoms with van der Waals surface area (Å²) in [6.45, 7) is 2.73. The molecule has 0 saturated carbocycles. The van der Waals surface area contributed by atoms with Crippen LogP contribution in [-0.2, 0) is 13.6 Å². The molecule has 3 rings (SSSR count). The molecule has 2 heterocycles. The van der Waals surface area contributed by atoms with E-state index in [1.807, 2.05) is 17.8 Å². The lowest BCUT2D eigenvalue weighted by Gasteiger charge is -2.35. The van der Waals surface area contributed by atoms with E-state index in [4.69, 9.17) is 0 Å². The first-order valence-corrected chi connectivity index (χ1v) is 7.01. The molecular weight excluding hydrogens is 274 g/mol. The van der Waals surface area contributed by atoms with E-state index in [0.29, 0.717) is 12.1 Å². The van der Waals surface area contributed by atoms with Crippen LogP contribution in [0.15, 0.2) is 30.6 Å². The number of hydrogen-bond donors (Lipinski definition) is 1. The second kappa shape index (κ2) is 5.91. The molecule has 1 unspecified atom stereocenters. The Bertz CT molecular complexity index is 626. The summed E-state index contributed by atoms with van der Waals surface area (Å²) in [5, 5.41) is 3.33. The molecule has 1 aliphatic heterocycles. The van der Waals surface area contributed by atoms with Crippen LogP contribution in [0.3, 0.4) is 0 Å². The Labute approximate surface area is 122 Å². The first-order valence-electron chi connectivity index (χ1n) is 7.01. The van der Waals surface area contributed by atoms with Gasteiger partial charge in [0.05, 0.1) is 6.04 Å². The molecule has 1 aromatic carbocycles. The molecule has 1 aromatic heterocycles. The molecule has 2 aromatic rings. The second-order valence-corrected chi connectivity index (χ2v) is 5.30. The molecule has 1 fully saturated rings. The summed E-state index contributed by atoms with van der Waals surface area (Å²) in [7, 11) is 1.94. The van der Waals surface area contributed by atoms with Gasteiger partial charge in [-0.3, -0.25) is 4.90 Å². The zero-order chi connectivity index (χ0) is 14.8. The van der Waals surface area contributed by atoms with Crippen molar-refractivity contribution in [1.82, 2.24) is 19.8 Å². The normalized spacial score (nSPS) is 19.9. The number of rotatable bonds is 3. The van der Waals surface area contributed by atoms with E-state index in [1.165, 1.54) is 0 Å². The predicted octanol–water partition coefficient (Wildman–Crippen LogP) is 1.84. The molecule has 1 atom stereocenters. The Balaban J connectivity index is 1.85. The van der Waals surface area contributed by atoms with E-state index < -0.39 is 11.6 Å². The molecule has 0 aliphatic carbocycles. The van der Waals surface area contributed by atoms with Gasteiger partial charge in [0.25, 0.3) is 0 Å².